The summed E-state index contributed by atoms with van der Waals surface area (Å²) in [4.78, 5) is 0. The predicted octanol–water partition coefficient (Wildman–Crippen LogP) is 4.22. The van der Waals surface area contributed by atoms with Gasteiger partial charge in [0.1, 0.15) is 0 Å². The highest BCUT2D eigenvalue weighted by atomic mass is 35.5. The highest BCUT2D eigenvalue weighted by molar-refractivity contribution is 6.42. The zero-order chi connectivity index (χ0) is 13.4. The first-order valence-electron chi connectivity index (χ1n) is 4.15. The molecule has 0 heterocycles. The Hall–Kier alpha value is -0.590. The van der Waals surface area contributed by atoms with E-state index in [1.165, 1.54) is 0 Å². The molecule has 0 spiro atoms. The number of hydrogen-bond acceptors (Lipinski definition) is 1. The van der Waals surface area contributed by atoms with Gasteiger partial charge in [-0.3, -0.25) is 0 Å². The van der Waals surface area contributed by atoms with E-state index < -0.39 is 23.8 Å². The molecule has 0 radical (unpaired) electrons. The van der Waals surface area contributed by atoms with Crippen LogP contribution in [0.4, 0.5) is 22.0 Å². The lowest BCUT2D eigenvalue weighted by molar-refractivity contribution is -0.315. The predicted molar refractivity (Wildman–Crippen MR) is 52.4 cm³/mol. The highest BCUT2D eigenvalue weighted by Gasteiger charge is 2.62. The third-order valence-electron chi connectivity index (χ3n) is 1.98. The van der Waals surface area contributed by atoms with Crippen molar-refractivity contribution in [1.82, 2.24) is 0 Å². The Morgan fingerprint density at radius 2 is 1.53 bits per heavy atom. The van der Waals surface area contributed by atoms with Gasteiger partial charge in [0, 0.05) is 0 Å². The zero-order valence-corrected chi connectivity index (χ0v) is 9.41. The number of hydrogen-bond donors (Lipinski definition) is 1. The smallest absolute Gasteiger partial charge is 0.382 e. The molecule has 0 saturated carbocycles. The van der Waals surface area contributed by atoms with E-state index in [2.05, 4.69) is 0 Å². The van der Waals surface area contributed by atoms with Gasteiger partial charge in [-0.2, -0.15) is 22.0 Å². The van der Waals surface area contributed by atoms with Crippen LogP contribution < -0.4 is 0 Å². The fourth-order valence-corrected chi connectivity index (χ4v) is 1.35. The molecule has 0 aliphatic rings. The number of benzene rings is 1. The topological polar surface area (TPSA) is 20.2 Å². The fourth-order valence-electron chi connectivity index (χ4n) is 1.05. The largest absolute Gasteiger partial charge is 0.456 e. The van der Waals surface area contributed by atoms with Crippen LogP contribution in [0.2, 0.25) is 10.0 Å². The second-order valence-electron chi connectivity index (χ2n) is 3.20. The minimum Gasteiger partial charge on any atom is -0.382 e. The van der Waals surface area contributed by atoms with Crippen LogP contribution in [0.3, 0.4) is 0 Å². The van der Waals surface area contributed by atoms with Gasteiger partial charge in [0.2, 0.25) is 0 Å². The molecular weight excluding hydrogens is 290 g/mol. The van der Waals surface area contributed by atoms with E-state index in [0.717, 1.165) is 18.2 Å². The Morgan fingerprint density at radius 3 is 1.94 bits per heavy atom. The third-order valence-corrected chi connectivity index (χ3v) is 2.72. The van der Waals surface area contributed by atoms with Gasteiger partial charge < -0.3 is 5.11 Å². The van der Waals surface area contributed by atoms with Gasteiger partial charge in [-0.15, -0.1) is 0 Å². The number of alkyl halides is 5. The Kier molecular flexibility index (Phi) is 3.91. The second kappa shape index (κ2) is 4.59. The van der Waals surface area contributed by atoms with Crippen molar-refractivity contribution < 1.29 is 27.1 Å². The summed E-state index contributed by atoms with van der Waals surface area (Å²) in [6.45, 7) is 0. The van der Waals surface area contributed by atoms with E-state index in [1.54, 1.807) is 0 Å². The first kappa shape index (κ1) is 14.5. The lowest BCUT2D eigenvalue weighted by atomic mass is 10.0. The fraction of sp³-hybridized carbons (Fsp3) is 0.333. The van der Waals surface area contributed by atoms with Crippen molar-refractivity contribution in [2.45, 2.75) is 18.2 Å². The molecule has 1 aromatic rings. The lowest BCUT2D eigenvalue weighted by Crippen LogP contribution is -2.42. The Morgan fingerprint density at radius 1 is 1.00 bits per heavy atom. The molecule has 96 valence electrons. The minimum atomic E-state index is -5.85. The van der Waals surface area contributed by atoms with Crippen molar-refractivity contribution in [2.75, 3.05) is 0 Å². The van der Waals surface area contributed by atoms with E-state index in [1.807, 2.05) is 0 Å². The van der Waals surface area contributed by atoms with Crippen LogP contribution >= 0.6 is 23.2 Å². The molecule has 0 aromatic heterocycles. The molecule has 0 bridgehead atoms. The minimum absolute atomic E-state index is 0.0158. The molecule has 1 unspecified atom stereocenters. The molecule has 1 N–H and O–H groups in total. The standard InChI is InChI=1S/C9H5Cl2F5O/c10-5-2-1-4(3-6(5)11)7(17)8(12,13)9(14,15)16/h1-3,7,17H. The van der Waals surface area contributed by atoms with Crippen LogP contribution in [0.15, 0.2) is 18.2 Å². The van der Waals surface area contributed by atoms with E-state index in [4.69, 9.17) is 28.3 Å². The van der Waals surface area contributed by atoms with Gasteiger partial charge in [0.15, 0.2) is 6.10 Å². The van der Waals surface area contributed by atoms with Crippen LogP contribution in [0.1, 0.15) is 11.7 Å². The van der Waals surface area contributed by atoms with Gasteiger partial charge in [-0.1, -0.05) is 29.3 Å². The summed E-state index contributed by atoms with van der Waals surface area (Å²) in [5.74, 6) is -5.26. The summed E-state index contributed by atoms with van der Waals surface area (Å²) >= 11 is 10.9. The Balaban J connectivity index is 3.12. The van der Waals surface area contributed by atoms with Crippen LogP contribution in [0, 0.1) is 0 Å². The quantitative estimate of drug-likeness (QED) is 0.810. The van der Waals surface area contributed by atoms with E-state index in [0.29, 0.717) is 0 Å². The average molecular weight is 295 g/mol. The van der Waals surface area contributed by atoms with Gasteiger partial charge in [-0.25, -0.2) is 0 Å². The zero-order valence-electron chi connectivity index (χ0n) is 7.90. The molecule has 0 amide bonds. The first-order valence-corrected chi connectivity index (χ1v) is 4.90. The molecule has 1 nitrogen and oxygen atoms in total. The van der Waals surface area contributed by atoms with Crippen molar-refractivity contribution in [3.05, 3.63) is 33.8 Å². The number of aliphatic hydroxyl groups excluding tert-OH is 1. The van der Waals surface area contributed by atoms with Crippen molar-refractivity contribution >= 4 is 23.2 Å². The Bertz CT molecular complexity index is 418. The number of halogens is 7. The summed E-state index contributed by atoms with van der Waals surface area (Å²) < 4.78 is 61.5. The van der Waals surface area contributed by atoms with Crippen molar-refractivity contribution in [3.8, 4) is 0 Å². The van der Waals surface area contributed by atoms with E-state index >= 15 is 0 Å². The summed E-state index contributed by atoms with van der Waals surface area (Å²) in [6, 6.07) is 2.63. The van der Waals surface area contributed by atoms with E-state index in [9.17, 15) is 22.0 Å². The number of aliphatic hydroxyl groups is 1. The SMILES string of the molecule is OC(c1ccc(Cl)c(Cl)c1)C(F)(F)C(F)(F)F. The molecule has 0 aliphatic carbocycles. The maximum Gasteiger partial charge on any atom is 0.456 e. The van der Waals surface area contributed by atoms with E-state index in [-0.39, 0.29) is 10.0 Å². The molecule has 0 fully saturated rings. The lowest BCUT2D eigenvalue weighted by Gasteiger charge is -2.25. The van der Waals surface area contributed by atoms with Crippen molar-refractivity contribution in [2.24, 2.45) is 0 Å². The van der Waals surface area contributed by atoms with Crippen LogP contribution in [-0.4, -0.2) is 17.2 Å². The molecule has 0 saturated heterocycles. The van der Waals surface area contributed by atoms with Crippen molar-refractivity contribution in [1.29, 1.82) is 0 Å². The number of rotatable bonds is 2. The maximum atomic E-state index is 12.8. The normalized spacial score (nSPS) is 14.8. The third kappa shape index (κ3) is 2.81. The van der Waals surface area contributed by atoms with Gasteiger partial charge in [0.05, 0.1) is 10.0 Å². The van der Waals surface area contributed by atoms with Crippen LogP contribution in [-0.2, 0) is 0 Å². The average Bonchev–Trinajstić information content (AvgIpc) is 2.19. The van der Waals surface area contributed by atoms with Crippen molar-refractivity contribution in [3.63, 3.8) is 0 Å². The van der Waals surface area contributed by atoms with Crippen LogP contribution in [0.5, 0.6) is 0 Å². The second-order valence-corrected chi connectivity index (χ2v) is 4.01. The molecule has 1 atom stereocenters. The summed E-state index contributed by atoms with van der Waals surface area (Å²) in [5, 5.41) is 8.79. The summed E-state index contributed by atoms with van der Waals surface area (Å²) in [6.07, 6.45) is -8.88. The molecule has 0 aliphatic heterocycles. The van der Waals surface area contributed by atoms with Gasteiger partial charge >= 0.3 is 12.1 Å². The molecule has 8 heteroatoms. The highest BCUT2D eigenvalue weighted by Crippen LogP contribution is 2.45. The molecular formula is C9H5Cl2F5O. The summed E-state index contributed by atoms with van der Waals surface area (Å²) in [5.41, 5.74) is -0.665. The van der Waals surface area contributed by atoms with Crippen LogP contribution in [0.25, 0.3) is 0 Å². The maximum absolute atomic E-state index is 12.8. The molecule has 17 heavy (non-hydrogen) atoms. The van der Waals surface area contributed by atoms with Gasteiger partial charge in [-0.05, 0) is 17.7 Å². The first-order chi connectivity index (χ1) is 7.57. The summed E-state index contributed by atoms with van der Waals surface area (Å²) in [7, 11) is 0. The molecule has 1 rings (SSSR count). The van der Waals surface area contributed by atoms with Gasteiger partial charge in [0.25, 0.3) is 0 Å². The Labute approximate surface area is 103 Å². The molecule has 1 aromatic carbocycles. The monoisotopic (exact) mass is 294 g/mol.